The van der Waals surface area contributed by atoms with Crippen molar-refractivity contribution in [1.82, 2.24) is 5.32 Å². The summed E-state index contributed by atoms with van der Waals surface area (Å²) in [6.07, 6.45) is 4.66. The third kappa shape index (κ3) is 4.46. The summed E-state index contributed by atoms with van der Waals surface area (Å²) in [6.45, 7) is 5.20. The van der Waals surface area contributed by atoms with Gasteiger partial charge in [0.15, 0.2) is 0 Å². The molecule has 0 saturated carbocycles. The Morgan fingerprint density at radius 2 is 2.12 bits per heavy atom. The van der Waals surface area contributed by atoms with Crippen LogP contribution in [0.5, 0.6) is 0 Å². The Hall–Kier alpha value is -1.52. The van der Waals surface area contributed by atoms with Crippen molar-refractivity contribution in [2.45, 2.75) is 45.3 Å². The van der Waals surface area contributed by atoms with Gasteiger partial charge in [0.25, 0.3) is 0 Å². The summed E-state index contributed by atoms with van der Waals surface area (Å²) in [6, 6.07) is -0.913. The van der Waals surface area contributed by atoms with Gasteiger partial charge in [-0.25, -0.2) is 9.59 Å². The zero-order valence-electron chi connectivity index (χ0n) is 10.4. The van der Waals surface area contributed by atoms with Crippen molar-refractivity contribution in [2.24, 2.45) is 5.92 Å². The maximum Gasteiger partial charge on any atom is 0.408 e. The number of allylic oxidation sites excluding steroid dienone is 1. The predicted octanol–water partition coefficient (Wildman–Crippen LogP) is 1.93. The van der Waals surface area contributed by atoms with Crippen LogP contribution < -0.4 is 5.32 Å². The van der Waals surface area contributed by atoms with Gasteiger partial charge in [-0.15, -0.1) is 0 Å². The fraction of sp³-hybridized carbons (Fsp3) is 0.667. The molecule has 2 N–H and O–H groups in total. The van der Waals surface area contributed by atoms with E-state index in [0.29, 0.717) is 0 Å². The molecule has 0 heterocycles. The molecule has 1 aliphatic carbocycles. The summed E-state index contributed by atoms with van der Waals surface area (Å²) >= 11 is 0. The number of hydrogen-bond acceptors (Lipinski definition) is 3. The standard InChI is InChI=1S/C12H19NO4/c1-12(2,3)17-11(16)13-9(10(14)15)8-6-4-5-7-8/h4,6,8-9H,5,7H2,1-3H3,(H,13,16)(H,14,15)/t8?,9-/m0/s1. The molecular formula is C12H19NO4. The molecule has 1 aliphatic rings. The van der Waals surface area contributed by atoms with Crippen LogP contribution in [0, 0.1) is 5.92 Å². The van der Waals surface area contributed by atoms with Crippen LogP contribution in [-0.4, -0.2) is 28.8 Å². The Bertz CT molecular complexity index is 330. The Morgan fingerprint density at radius 3 is 2.53 bits per heavy atom. The number of carbonyl (C=O) groups excluding carboxylic acids is 1. The van der Waals surface area contributed by atoms with E-state index in [1.54, 1.807) is 20.8 Å². The Morgan fingerprint density at radius 1 is 1.47 bits per heavy atom. The Labute approximate surface area is 101 Å². The highest BCUT2D eigenvalue weighted by atomic mass is 16.6. The lowest BCUT2D eigenvalue weighted by molar-refractivity contribution is -0.140. The van der Waals surface area contributed by atoms with Crippen molar-refractivity contribution in [3.63, 3.8) is 0 Å². The molecule has 5 heteroatoms. The average Bonchev–Trinajstić information content (AvgIpc) is 2.63. The number of carboxylic acid groups (broad SMARTS) is 1. The molecule has 0 spiro atoms. The highest BCUT2D eigenvalue weighted by molar-refractivity contribution is 5.80. The summed E-state index contributed by atoms with van der Waals surface area (Å²) in [7, 11) is 0. The molecule has 1 unspecified atom stereocenters. The third-order valence-corrected chi connectivity index (χ3v) is 2.42. The maximum atomic E-state index is 11.5. The van der Waals surface area contributed by atoms with E-state index in [0.717, 1.165) is 12.8 Å². The number of amides is 1. The number of hydrogen-bond donors (Lipinski definition) is 2. The second-order valence-electron chi connectivity index (χ2n) is 5.13. The Balaban J connectivity index is 2.58. The van der Waals surface area contributed by atoms with E-state index in [9.17, 15) is 9.59 Å². The van der Waals surface area contributed by atoms with Crippen molar-refractivity contribution in [3.05, 3.63) is 12.2 Å². The first-order chi connectivity index (χ1) is 7.79. The molecule has 0 aromatic carbocycles. The fourth-order valence-corrected chi connectivity index (χ4v) is 1.72. The second kappa shape index (κ2) is 5.21. The van der Waals surface area contributed by atoms with Crippen molar-refractivity contribution in [2.75, 3.05) is 0 Å². The fourth-order valence-electron chi connectivity index (χ4n) is 1.72. The molecule has 5 nitrogen and oxygen atoms in total. The van der Waals surface area contributed by atoms with Crippen LogP contribution in [0.15, 0.2) is 12.2 Å². The zero-order valence-corrected chi connectivity index (χ0v) is 10.4. The van der Waals surface area contributed by atoms with Gasteiger partial charge in [-0.05, 0) is 33.6 Å². The second-order valence-corrected chi connectivity index (χ2v) is 5.13. The maximum absolute atomic E-state index is 11.5. The molecule has 1 rings (SSSR count). The van der Waals surface area contributed by atoms with Gasteiger partial charge in [0.1, 0.15) is 11.6 Å². The summed E-state index contributed by atoms with van der Waals surface area (Å²) in [4.78, 5) is 22.6. The lowest BCUT2D eigenvalue weighted by Crippen LogP contribution is -2.46. The number of rotatable bonds is 3. The van der Waals surface area contributed by atoms with Crippen molar-refractivity contribution < 1.29 is 19.4 Å². The van der Waals surface area contributed by atoms with Gasteiger partial charge in [-0.2, -0.15) is 0 Å². The monoisotopic (exact) mass is 241 g/mol. The van der Waals surface area contributed by atoms with Gasteiger partial charge < -0.3 is 15.2 Å². The molecular weight excluding hydrogens is 222 g/mol. The largest absolute Gasteiger partial charge is 0.480 e. The van der Waals surface area contributed by atoms with Crippen LogP contribution in [0.4, 0.5) is 4.79 Å². The highest BCUT2D eigenvalue weighted by Gasteiger charge is 2.30. The van der Waals surface area contributed by atoms with Crippen LogP contribution in [0.2, 0.25) is 0 Å². The quantitative estimate of drug-likeness (QED) is 0.740. The molecule has 0 aromatic rings. The molecule has 1 amide bonds. The van der Waals surface area contributed by atoms with E-state index in [-0.39, 0.29) is 5.92 Å². The van der Waals surface area contributed by atoms with E-state index in [4.69, 9.17) is 9.84 Å². The number of ether oxygens (including phenoxy) is 1. The number of nitrogens with one attached hydrogen (secondary N) is 1. The van der Waals surface area contributed by atoms with Gasteiger partial charge in [-0.3, -0.25) is 0 Å². The van der Waals surface area contributed by atoms with Crippen LogP contribution >= 0.6 is 0 Å². The van der Waals surface area contributed by atoms with Crippen LogP contribution in [0.1, 0.15) is 33.6 Å². The van der Waals surface area contributed by atoms with E-state index in [1.165, 1.54) is 0 Å². The third-order valence-electron chi connectivity index (χ3n) is 2.42. The van der Waals surface area contributed by atoms with Gasteiger partial charge in [0.05, 0.1) is 0 Å². The molecule has 0 aromatic heterocycles. The van der Waals surface area contributed by atoms with E-state index < -0.39 is 23.7 Å². The van der Waals surface area contributed by atoms with Crippen molar-refractivity contribution in [3.8, 4) is 0 Å². The first-order valence-corrected chi connectivity index (χ1v) is 5.68. The number of carbonyl (C=O) groups is 2. The van der Waals surface area contributed by atoms with Gasteiger partial charge in [0.2, 0.25) is 0 Å². The minimum absolute atomic E-state index is 0.153. The minimum atomic E-state index is -1.03. The smallest absolute Gasteiger partial charge is 0.408 e. The summed E-state index contributed by atoms with van der Waals surface area (Å²) in [5.74, 6) is -1.19. The first kappa shape index (κ1) is 13.5. The van der Waals surface area contributed by atoms with Crippen LogP contribution in [0.25, 0.3) is 0 Å². The Kier molecular flexibility index (Phi) is 4.15. The van der Waals surface area contributed by atoms with E-state index in [2.05, 4.69) is 5.32 Å². The lowest BCUT2D eigenvalue weighted by Gasteiger charge is -2.24. The molecule has 0 aliphatic heterocycles. The summed E-state index contributed by atoms with van der Waals surface area (Å²) in [5.41, 5.74) is -0.626. The molecule has 0 fully saturated rings. The van der Waals surface area contributed by atoms with Crippen molar-refractivity contribution in [1.29, 1.82) is 0 Å². The molecule has 2 atom stereocenters. The molecule has 0 saturated heterocycles. The first-order valence-electron chi connectivity index (χ1n) is 5.68. The number of aliphatic carboxylic acids is 1. The minimum Gasteiger partial charge on any atom is -0.480 e. The van der Waals surface area contributed by atoms with Gasteiger partial charge in [0, 0.05) is 5.92 Å². The average molecular weight is 241 g/mol. The molecule has 96 valence electrons. The van der Waals surface area contributed by atoms with Crippen molar-refractivity contribution >= 4 is 12.1 Å². The predicted molar refractivity (Wildman–Crippen MR) is 62.7 cm³/mol. The van der Waals surface area contributed by atoms with Gasteiger partial charge in [-0.1, -0.05) is 12.2 Å². The SMILES string of the molecule is CC(C)(C)OC(=O)N[C@H](C(=O)O)C1C=CCC1. The zero-order chi connectivity index (χ0) is 13.1. The summed E-state index contributed by atoms with van der Waals surface area (Å²) in [5, 5.41) is 11.5. The molecule has 0 bridgehead atoms. The van der Waals surface area contributed by atoms with Crippen LogP contribution in [-0.2, 0) is 9.53 Å². The van der Waals surface area contributed by atoms with Gasteiger partial charge >= 0.3 is 12.1 Å². The topological polar surface area (TPSA) is 75.6 Å². The summed E-state index contributed by atoms with van der Waals surface area (Å²) < 4.78 is 5.04. The number of carboxylic acids is 1. The number of alkyl carbamates (subject to hydrolysis) is 1. The lowest BCUT2D eigenvalue weighted by atomic mass is 10.00. The van der Waals surface area contributed by atoms with Crippen LogP contribution in [0.3, 0.4) is 0 Å². The molecule has 17 heavy (non-hydrogen) atoms. The van der Waals surface area contributed by atoms with E-state index >= 15 is 0 Å². The van der Waals surface area contributed by atoms with E-state index in [1.807, 2.05) is 12.2 Å². The molecule has 0 radical (unpaired) electrons. The highest BCUT2D eigenvalue weighted by Crippen LogP contribution is 2.21. The normalized spacial score (nSPS) is 21.0.